The van der Waals surface area contributed by atoms with Crippen LogP contribution in [0.5, 0.6) is 0 Å². The van der Waals surface area contributed by atoms with Crippen LogP contribution in [0.1, 0.15) is 13.8 Å². The number of esters is 1. The number of ether oxygens (including phenoxy) is 1. The highest BCUT2D eigenvalue weighted by molar-refractivity contribution is 8.18. The number of halogens is 6. The molecule has 16 heteroatoms. The zero-order chi connectivity index (χ0) is 20.5. The molecular formula is C9H14Cl6N3O4P3. The van der Waals surface area contributed by atoms with E-state index in [9.17, 15) is 9.59 Å². The Labute approximate surface area is 178 Å². The number of hydrogen-bond acceptors (Lipinski definition) is 6. The maximum Gasteiger partial charge on any atom is 0.332 e. The highest BCUT2D eigenvalue weighted by Crippen LogP contribution is 2.85. The van der Waals surface area contributed by atoms with Crippen LogP contribution in [0.3, 0.4) is 0 Å². The summed E-state index contributed by atoms with van der Waals surface area (Å²) in [6.45, 7) is 9.56. The molecule has 25 heavy (non-hydrogen) atoms. The zero-order valence-corrected chi connectivity index (χ0v) is 20.3. The second kappa shape index (κ2) is 13.4. The van der Waals surface area contributed by atoms with Crippen LogP contribution in [-0.4, -0.2) is 32.1 Å². The molecule has 1 rings (SSSR count). The average molecular weight is 534 g/mol. The molecule has 0 aromatic carbocycles. The van der Waals surface area contributed by atoms with Gasteiger partial charge in [-0.1, -0.05) is 24.4 Å². The summed E-state index contributed by atoms with van der Waals surface area (Å²) in [5.41, 5.74) is 0.609. The van der Waals surface area contributed by atoms with E-state index in [0.717, 1.165) is 7.92 Å². The van der Waals surface area contributed by atoms with Crippen LogP contribution < -0.4 is 0 Å². The van der Waals surface area contributed by atoms with Gasteiger partial charge in [-0.3, -0.25) is 0 Å². The van der Waals surface area contributed by atoms with E-state index in [-0.39, 0.29) is 11.5 Å². The third kappa shape index (κ3) is 11.6. The summed E-state index contributed by atoms with van der Waals surface area (Å²) >= 11 is 34.3. The van der Waals surface area contributed by atoms with Gasteiger partial charge in [0.2, 0.25) is 13.5 Å². The Morgan fingerprint density at radius 3 is 1.80 bits per heavy atom. The van der Waals surface area contributed by atoms with Crippen molar-refractivity contribution in [2.75, 3.05) is 7.11 Å². The Kier molecular flexibility index (Phi) is 15.2. The Morgan fingerprint density at radius 2 is 1.56 bits per heavy atom. The monoisotopic (exact) mass is 531 g/mol. The normalized spacial score (nSPS) is 22.1. The quantitative estimate of drug-likeness (QED) is 0.170. The van der Waals surface area contributed by atoms with Crippen molar-refractivity contribution >= 4 is 102 Å². The molecular weight excluding hydrogens is 520 g/mol. The van der Waals surface area contributed by atoms with Crippen molar-refractivity contribution in [3.63, 3.8) is 0 Å². The van der Waals surface area contributed by atoms with Crippen LogP contribution in [0.25, 0.3) is 0 Å². The molecule has 0 aromatic rings. The average Bonchev–Trinajstić information content (AvgIpc) is 2.51. The first-order valence-corrected chi connectivity index (χ1v) is 14.2. The molecule has 0 aliphatic carbocycles. The van der Waals surface area contributed by atoms with Crippen molar-refractivity contribution in [2.45, 2.75) is 13.8 Å². The standard InChI is InChI=1S/C5H8O2.C4H6O2.Cl6N3P3/c1-4(2)5(6)7-3;1-3(2)4(5)6;1-8-10(3)7-12(5,6)9(2)11(8)4/h1H2,2-3H3;1H2,2H3,(H,5,6);. The summed E-state index contributed by atoms with van der Waals surface area (Å²) in [5, 5.41) is 7.89. The number of rotatable bonds is 2. The number of carbonyl (C=O) groups is 2. The summed E-state index contributed by atoms with van der Waals surface area (Å²) in [7, 11) is -1.61. The maximum atomic E-state index is 10.2. The van der Waals surface area contributed by atoms with E-state index >= 15 is 0 Å². The molecule has 7 nitrogen and oxygen atoms in total. The third-order valence-corrected chi connectivity index (χ3v) is 15.4. The molecule has 2 unspecified atom stereocenters. The lowest BCUT2D eigenvalue weighted by atomic mass is 10.4. The van der Waals surface area contributed by atoms with Crippen molar-refractivity contribution in [3.05, 3.63) is 24.3 Å². The molecule has 0 fully saturated rings. The van der Waals surface area contributed by atoms with E-state index < -0.39 is 27.0 Å². The van der Waals surface area contributed by atoms with Crippen LogP contribution in [0.2, 0.25) is 0 Å². The van der Waals surface area contributed by atoms with Gasteiger partial charge in [0, 0.05) is 11.1 Å². The molecule has 0 radical (unpaired) electrons. The summed E-state index contributed by atoms with van der Waals surface area (Å²) < 4.78 is 10.2. The van der Waals surface area contributed by atoms with Crippen molar-refractivity contribution in [1.29, 1.82) is 0 Å². The first-order valence-electron chi connectivity index (χ1n) is 5.67. The molecule has 0 aromatic heterocycles. The summed E-state index contributed by atoms with van der Waals surface area (Å²) in [5.74, 6) is -4.02. The topological polar surface area (TPSA) is 82.4 Å². The van der Waals surface area contributed by atoms with Crippen molar-refractivity contribution in [2.24, 2.45) is 4.52 Å². The third-order valence-electron chi connectivity index (χ3n) is 1.69. The predicted octanol–water partition coefficient (Wildman–Crippen LogP) is 7.65. The summed E-state index contributed by atoms with van der Waals surface area (Å²) in [4.78, 5) is 19.8. The first kappa shape index (κ1) is 28.4. The lowest BCUT2D eigenvalue weighted by Crippen LogP contribution is -2.05. The maximum absolute atomic E-state index is 10.2. The largest absolute Gasteiger partial charge is 0.478 e. The second-order valence-electron chi connectivity index (χ2n) is 3.87. The van der Waals surface area contributed by atoms with Gasteiger partial charge in [-0.2, -0.15) is 0 Å². The Balaban J connectivity index is 0. The molecule has 0 amide bonds. The molecule has 2 atom stereocenters. The minimum atomic E-state index is -2.74. The number of aliphatic carboxylic acids is 1. The Hall–Kier alpha value is 1.17. The van der Waals surface area contributed by atoms with E-state index in [0.29, 0.717) is 5.57 Å². The zero-order valence-electron chi connectivity index (χ0n) is 13.0. The van der Waals surface area contributed by atoms with Gasteiger partial charge in [0.1, 0.15) is 0 Å². The van der Waals surface area contributed by atoms with E-state index in [1.807, 2.05) is 0 Å². The lowest BCUT2D eigenvalue weighted by molar-refractivity contribution is -0.136. The van der Waals surface area contributed by atoms with E-state index in [1.54, 1.807) is 6.92 Å². The summed E-state index contributed by atoms with van der Waals surface area (Å²) in [6, 6.07) is 0. The molecule has 0 bridgehead atoms. The predicted molar refractivity (Wildman–Crippen MR) is 111 cm³/mol. The van der Waals surface area contributed by atoms with Gasteiger partial charge in [0.25, 0.3) is 0 Å². The fourth-order valence-electron chi connectivity index (χ4n) is 0.540. The van der Waals surface area contributed by atoms with E-state index in [4.69, 9.17) is 73.6 Å². The number of hydrogen-bond donors (Lipinski definition) is 1. The molecule has 146 valence electrons. The van der Waals surface area contributed by atoms with Crippen molar-refractivity contribution in [3.8, 4) is 0 Å². The molecule has 1 heterocycles. The van der Waals surface area contributed by atoms with Crippen molar-refractivity contribution in [1.82, 2.24) is 7.92 Å². The fourth-order valence-corrected chi connectivity index (χ4v) is 12.5. The molecule has 1 N–H and O–H groups in total. The number of carboxylic acid groups (broad SMARTS) is 1. The van der Waals surface area contributed by atoms with Gasteiger partial charge in [0.15, 0.2) is 7.58 Å². The highest BCUT2D eigenvalue weighted by Gasteiger charge is 2.41. The fraction of sp³-hybridized carbons (Fsp3) is 0.333. The van der Waals surface area contributed by atoms with Gasteiger partial charge < -0.3 is 9.84 Å². The van der Waals surface area contributed by atoms with E-state index in [1.165, 1.54) is 14.0 Å². The lowest BCUT2D eigenvalue weighted by Gasteiger charge is -2.33. The van der Waals surface area contributed by atoms with Gasteiger partial charge in [-0.25, -0.2) is 14.1 Å². The molecule has 0 saturated heterocycles. The number of carboxylic acids is 1. The van der Waals surface area contributed by atoms with Gasteiger partial charge in [0.05, 0.1) is 7.11 Å². The van der Waals surface area contributed by atoms with Crippen LogP contribution >= 0.6 is 89.6 Å². The van der Waals surface area contributed by atoms with Crippen LogP contribution in [0.4, 0.5) is 0 Å². The van der Waals surface area contributed by atoms with Crippen LogP contribution in [0.15, 0.2) is 28.8 Å². The van der Waals surface area contributed by atoms with Crippen LogP contribution in [0, 0.1) is 0 Å². The number of carbonyl (C=O) groups excluding carboxylic acids is 1. The van der Waals surface area contributed by atoms with Gasteiger partial charge in [-0.15, -0.1) is 7.92 Å². The SMILES string of the molecule is C=C(C)C(=O)O.C=C(C)C(=O)OC.ClN1P(Cl)N=P(Cl)(Cl)N(Cl)P1Cl. The Morgan fingerprint density at radius 1 is 1.16 bits per heavy atom. The van der Waals surface area contributed by atoms with Crippen molar-refractivity contribution < 1.29 is 19.4 Å². The van der Waals surface area contributed by atoms with Crippen LogP contribution in [-0.2, 0) is 14.3 Å². The first-order chi connectivity index (χ1) is 11.2. The molecule has 1 aliphatic rings. The second-order valence-corrected chi connectivity index (χ2v) is 15.5. The van der Waals surface area contributed by atoms with Gasteiger partial charge in [-0.05, 0) is 71.1 Å². The number of nitrogens with zero attached hydrogens (tertiary/aromatic N) is 3. The van der Waals surface area contributed by atoms with Gasteiger partial charge >= 0.3 is 11.9 Å². The molecule has 0 saturated carbocycles. The minimum Gasteiger partial charge on any atom is -0.478 e. The summed E-state index contributed by atoms with van der Waals surface area (Å²) in [6.07, 6.45) is 0. The highest BCUT2D eigenvalue weighted by atomic mass is 35.9. The number of methoxy groups -OCH3 is 1. The molecule has 1 aliphatic heterocycles. The van der Waals surface area contributed by atoms with E-state index in [2.05, 4.69) is 22.4 Å². The molecule has 0 spiro atoms. The Bertz CT molecular complexity index is 563. The minimum absolute atomic E-state index is 0.176. The smallest absolute Gasteiger partial charge is 0.332 e.